The molecule has 1 aromatic heterocycles. The molecule has 31 heavy (non-hydrogen) atoms. The second-order valence-corrected chi connectivity index (χ2v) is 9.31. The van der Waals surface area contributed by atoms with Crippen molar-refractivity contribution >= 4 is 6.02 Å². The number of imidazole rings is 1. The molecule has 1 spiro atoms. The van der Waals surface area contributed by atoms with E-state index in [1.54, 1.807) is 6.33 Å². The number of aryl methyl sites for hydroxylation is 1. The Morgan fingerprint density at radius 1 is 1.13 bits per heavy atom. The van der Waals surface area contributed by atoms with Crippen molar-refractivity contribution in [2.45, 2.75) is 26.3 Å². The van der Waals surface area contributed by atoms with E-state index in [2.05, 4.69) is 31.8 Å². The lowest BCUT2D eigenvalue weighted by atomic mass is 9.80. The van der Waals surface area contributed by atoms with Gasteiger partial charge < -0.3 is 24.5 Å². The van der Waals surface area contributed by atoms with Crippen molar-refractivity contribution in [3.05, 3.63) is 60.0 Å². The fourth-order valence-electron chi connectivity index (χ4n) is 4.02. The van der Waals surface area contributed by atoms with Crippen LogP contribution in [0.5, 0.6) is 17.2 Å². The molecule has 2 N–H and O–H groups in total. The van der Waals surface area contributed by atoms with Gasteiger partial charge in [0.2, 0.25) is 0 Å². The summed E-state index contributed by atoms with van der Waals surface area (Å²) in [5, 5.41) is 0. The number of hydrogen-bond donors (Lipinski definition) is 1. The summed E-state index contributed by atoms with van der Waals surface area (Å²) in [6, 6.07) is 12.1. The van der Waals surface area contributed by atoms with E-state index in [0.29, 0.717) is 13.2 Å². The molecule has 3 aromatic rings. The van der Waals surface area contributed by atoms with Crippen molar-refractivity contribution in [3.63, 3.8) is 0 Å². The molecule has 160 valence electrons. The van der Waals surface area contributed by atoms with Gasteiger partial charge in [0.15, 0.2) is 5.54 Å². The molecule has 7 nitrogen and oxygen atoms in total. The topological polar surface area (TPSA) is 83.9 Å². The van der Waals surface area contributed by atoms with Crippen molar-refractivity contribution < 1.29 is 14.2 Å². The molecular formula is C24H26N4O3. The van der Waals surface area contributed by atoms with Crippen LogP contribution in [0.3, 0.4) is 0 Å². The summed E-state index contributed by atoms with van der Waals surface area (Å²) >= 11 is 0. The molecule has 0 saturated carbocycles. The molecule has 2 aromatic carbocycles. The van der Waals surface area contributed by atoms with Gasteiger partial charge in [-0.1, -0.05) is 20.8 Å². The van der Waals surface area contributed by atoms with E-state index in [-0.39, 0.29) is 11.4 Å². The molecule has 0 aliphatic carbocycles. The van der Waals surface area contributed by atoms with Crippen LogP contribution in [0.4, 0.5) is 0 Å². The van der Waals surface area contributed by atoms with Crippen molar-refractivity contribution in [1.29, 1.82) is 0 Å². The average Bonchev–Trinajstić information content (AvgIpc) is 3.33. The maximum absolute atomic E-state index is 6.26. The van der Waals surface area contributed by atoms with Crippen molar-refractivity contribution in [2.24, 2.45) is 23.2 Å². The fourth-order valence-corrected chi connectivity index (χ4v) is 4.02. The SMILES string of the molecule is Cn1cncc1-c1ccc2c(c1)[C@]1(COC(N)=N1)c1cc(OCC(C)(C)C)ccc1O2. The third kappa shape index (κ3) is 3.30. The third-order valence-electron chi connectivity index (χ3n) is 5.56. The number of nitrogens with two attached hydrogens (primary N) is 1. The van der Waals surface area contributed by atoms with Crippen LogP contribution in [-0.4, -0.2) is 28.8 Å². The van der Waals surface area contributed by atoms with Gasteiger partial charge >= 0.3 is 0 Å². The highest BCUT2D eigenvalue weighted by atomic mass is 16.5. The van der Waals surface area contributed by atoms with Crippen molar-refractivity contribution in [1.82, 2.24) is 9.55 Å². The van der Waals surface area contributed by atoms with Crippen molar-refractivity contribution in [2.75, 3.05) is 13.2 Å². The minimum absolute atomic E-state index is 0.0493. The number of benzene rings is 2. The lowest BCUT2D eigenvalue weighted by molar-refractivity contribution is 0.197. The van der Waals surface area contributed by atoms with E-state index in [4.69, 9.17) is 24.9 Å². The van der Waals surface area contributed by atoms with Gasteiger partial charge in [-0.15, -0.1) is 0 Å². The molecular weight excluding hydrogens is 392 g/mol. The first-order valence-corrected chi connectivity index (χ1v) is 10.3. The zero-order chi connectivity index (χ0) is 21.8. The number of nitrogens with zero attached hydrogens (tertiary/aromatic N) is 3. The van der Waals surface area contributed by atoms with Gasteiger partial charge in [0, 0.05) is 23.7 Å². The number of fused-ring (bicyclic) bond motifs is 4. The number of aromatic nitrogens is 2. The highest BCUT2D eigenvalue weighted by Crippen LogP contribution is 2.52. The van der Waals surface area contributed by atoms with Crippen LogP contribution in [0.15, 0.2) is 53.9 Å². The van der Waals surface area contributed by atoms with E-state index in [9.17, 15) is 0 Å². The fraction of sp³-hybridized carbons (Fsp3) is 0.333. The van der Waals surface area contributed by atoms with Gasteiger partial charge in [0.25, 0.3) is 6.02 Å². The zero-order valence-corrected chi connectivity index (χ0v) is 18.2. The van der Waals surface area contributed by atoms with Gasteiger partial charge in [-0.25, -0.2) is 9.98 Å². The van der Waals surface area contributed by atoms with E-state index in [0.717, 1.165) is 39.6 Å². The first-order valence-electron chi connectivity index (χ1n) is 10.3. The van der Waals surface area contributed by atoms with Crippen LogP contribution in [0.2, 0.25) is 0 Å². The summed E-state index contributed by atoms with van der Waals surface area (Å²) < 4.78 is 20.0. The Morgan fingerprint density at radius 3 is 2.52 bits per heavy atom. The smallest absolute Gasteiger partial charge is 0.283 e. The highest BCUT2D eigenvalue weighted by molar-refractivity contribution is 5.77. The molecule has 3 heterocycles. The van der Waals surface area contributed by atoms with Crippen LogP contribution < -0.4 is 15.2 Å². The van der Waals surface area contributed by atoms with E-state index >= 15 is 0 Å². The molecule has 0 amide bonds. The summed E-state index contributed by atoms with van der Waals surface area (Å²) in [4.78, 5) is 9.01. The van der Waals surface area contributed by atoms with Gasteiger partial charge in [0.05, 0.1) is 24.8 Å². The maximum Gasteiger partial charge on any atom is 0.283 e. The molecule has 5 rings (SSSR count). The van der Waals surface area contributed by atoms with Gasteiger partial charge in [0.1, 0.15) is 23.9 Å². The number of hydrogen-bond acceptors (Lipinski definition) is 6. The third-order valence-corrected chi connectivity index (χ3v) is 5.56. The van der Waals surface area contributed by atoms with Crippen LogP contribution in [0, 0.1) is 5.41 Å². The van der Waals surface area contributed by atoms with Gasteiger partial charge in [-0.05, 0) is 41.8 Å². The number of ether oxygens (including phenoxy) is 3. The lowest BCUT2D eigenvalue weighted by Crippen LogP contribution is -2.31. The molecule has 0 bridgehead atoms. The monoisotopic (exact) mass is 418 g/mol. The Labute approximate surface area is 181 Å². The lowest BCUT2D eigenvalue weighted by Gasteiger charge is -2.34. The second kappa shape index (κ2) is 6.77. The van der Waals surface area contributed by atoms with Crippen LogP contribution in [-0.2, 0) is 17.3 Å². The van der Waals surface area contributed by atoms with Gasteiger partial charge in [-0.2, -0.15) is 0 Å². The zero-order valence-electron chi connectivity index (χ0n) is 18.2. The highest BCUT2D eigenvalue weighted by Gasteiger charge is 2.47. The maximum atomic E-state index is 6.26. The van der Waals surface area contributed by atoms with Crippen LogP contribution in [0.1, 0.15) is 31.9 Å². The summed E-state index contributed by atoms with van der Waals surface area (Å²) in [6.45, 7) is 7.33. The van der Waals surface area contributed by atoms with Gasteiger partial charge in [-0.3, -0.25) is 0 Å². The number of amidine groups is 1. The van der Waals surface area contributed by atoms with Crippen molar-refractivity contribution in [3.8, 4) is 28.5 Å². The molecule has 7 heteroatoms. The standard InChI is InChI=1S/C24H26N4O3/c1-23(2,3)12-29-16-6-8-21-18(10-16)24(13-30-22(25)27-24)17-9-15(5-7-20(17)31-21)19-11-26-14-28(19)4/h5-11,14H,12-13H2,1-4H3,(H2,25,27)/t24-/m1/s1. The molecule has 0 saturated heterocycles. The molecule has 1 atom stereocenters. The molecule has 2 aliphatic rings. The summed E-state index contributed by atoms with van der Waals surface area (Å²) in [6.07, 6.45) is 3.62. The van der Waals surface area contributed by atoms with E-state index in [1.807, 2.05) is 48.1 Å². The minimum Gasteiger partial charge on any atom is -0.493 e. The van der Waals surface area contributed by atoms with Crippen LogP contribution in [0.25, 0.3) is 11.3 Å². The Bertz CT molecular complexity index is 1190. The number of rotatable bonds is 3. The summed E-state index contributed by atoms with van der Waals surface area (Å²) in [5.74, 6) is 2.23. The number of aliphatic imine (C=N–C) groups is 1. The second-order valence-electron chi connectivity index (χ2n) is 9.31. The molecule has 2 aliphatic heterocycles. The Morgan fingerprint density at radius 2 is 1.87 bits per heavy atom. The first kappa shape index (κ1) is 19.5. The van der Waals surface area contributed by atoms with E-state index in [1.165, 1.54) is 0 Å². The minimum atomic E-state index is -0.789. The molecule has 0 unspecified atom stereocenters. The summed E-state index contributed by atoms with van der Waals surface area (Å²) in [7, 11) is 1.97. The summed E-state index contributed by atoms with van der Waals surface area (Å²) in [5.41, 5.74) is 9.08. The predicted octanol–water partition coefficient (Wildman–Crippen LogP) is 4.21. The van der Waals surface area contributed by atoms with Crippen LogP contribution >= 0.6 is 0 Å². The predicted molar refractivity (Wildman–Crippen MR) is 118 cm³/mol. The molecule has 0 fully saturated rings. The molecule has 0 radical (unpaired) electrons. The largest absolute Gasteiger partial charge is 0.493 e. The normalized spacial score (nSPS) is 19.3. The quantitative estimate of drug-likeness (QED) is 0.689. The average molecular weight is 418 g/mol. The first-order chi connectivity index (χ1) is 14.7. The Balaban J connectivity index is 1.64. The Kier molecular flexibility index (Phi) is 4.25. The Hall–Kier alpha value is -3.48. The van der Waals surface area contributed by atoms with E-state index < -0.39 is 5.54 Å².